The summed E-state index contributed by atoms with van der Waals surface area (Å²) in [4.78, 5) is 0. The van der Waals surface area contributed by atoms with Gasteiger partial charge in [0, 0.05) is 3.57 Å². The van der Waals surface area contributed by atoms with Gasteiger partial charge in [0.1, 0.15) is 5.75 Å². The maximum absolute atomic E-state index is 5.80. The lowest BCUT2D eigenvalue weighted by molar-refractivity contribution is 0.307. The molecule has 3 rings (SSSR count). The highest BCUT2D eigenvalue weighted by Crippen LogP contribution is 2.24. The molecule has 0 amide bonds. The molecule has 0 heterocycles. The van der Waals surface area contributed by atoms with Crippen LogP contribution in [0.2, 0.25) is 0 Å². The van der Waals surface area contributed by atoms with Crippen molar-refractivity contribution in [2.24, 2.45) is 0 Å². The SMILES string of the molecule is Ic1ccc(C=C(CCCCOc2ccccc2)c2ccccc2)cc1. The van der Waals surface area contributed by atoms with Crippen LogP contribution in [0.5, 0.6) is 5.75 Å². The Hall–Kier alpha value is -2.07. The lowest BCUT2D eigenvalue weighted by Crippen LogP contribution is -1.97. The van der Waals surface area contributed by atoms with Crippen molar-refractivity contribution in [2.45, 2.75) is 19.3 Å². The summed E-state index contributed by atoms with van der Waals surface area (Å²) in [7, 11) is 0. The molecule has 0 N–H and O–H groups in total. The number of ether oxygens (including phenoxy) is 1. The first-order valence-corrected chi connectivity index (χ1v) is 10.1. The maximum Gasteiger partial charge on any atom is 0.119 e. The molecule has 0 aliphatic carbocycles. The number of allylic oxidation sites excluding steroid dienone is 1. The van der Waals surface area contributed by atoms with Crippen molar-refractivity contribution in [1.29, 1.82) is 0 Å². The van der Waals surface area contributed by atoms with Crippen molar-refractivity contribution >= 4 is 34.2 Å². The van der Waals surface area contributed by atoms with Crippen LogP contribution in [0.1, 0.15) is 30.4 Å². The van der Waals surface area contributed by atoms with Crippen LogP contribution < -0.4 is 4.74 Å². The Morgan fingerprint density at radius 3 is 2.12 bits per heavy atom. The van der Waals surface area contributed by atoms with Crippen LogP contribution in [0.4, 0.5) is 0 Å². The molecule has 0 fully saturated rings. The quantitative estimate of drug-likeness (QED) is 0.201. The summed E-state index contributed by atoms with van der Waals surface area (Å²) in [5.41, 5.74) is 3.94. The summed E-state index contributed by atoms with van der Waals surface area (Å²) in [6.45, 7) is 0.760. The highest BCUT2D eigenvalue weighted by Gasteiger charge is 2.03. The standard InChI is InChI=1S/C24H23IO/c25-23-16-14-20(15-17-23)19-22(21-9-3-1-4-10-21)11-7-8-18-26-24-12-5-2-6-13-24/h1-6,9-10,12-17,19H,7-8,11,18H2. The van der Waals surface area contributed by atoms with Gasteiger partial charge in [-0.05, 0) is 82.8 Å². The fourth-order valence-electron chi connectivity index (χ4n) is 2.84. The van der Waals surface area contributed by atoms with E-state index in [0.29, 0.717) is 0 Å². The Kier molecular flexibility index (Phi) is 7.32. The zero-order valence-corrected chi connectivity index (χ0v) is 16.9. The van der Waals surface area contributed by atoms with Crippen LogP contribution in [0.15, 0.2) is 84.9 Å². The van der Waals surface area contributed by atoms with Gasteiger partial charge in [-0.2, -0.15) is 0 Å². The molecular weight excluding hydrogens is 431 g/mol. The van der Waals surface area contributed by atoms with Gasteiger partial charge >= 0.3 is 0 Å². The van der Waals surface area contributed by atoms with Crippen molar-refractivity contribution in [1.82, 2.24) is 0 Å². The molecule has 0 radical (unpaired) electrons. The zero-order chi connectivity index (χ0) is 18.0. The third kappa shape index (κ3) is 6.03. The van der Waals surface area contributed by atoms with Gasteiger partial charge in [0.2, 0.25) is 0 Å². The van der Waals surface area contributed by atoms with Crippen LogP contribution in [0, 0.1) is 3.57 Å². The number of hydrogen-bond donors (Lipinski definition) is 0. The fraction of sp³-hybridized carbons (Fsp3) is 0.167. The number of para-hydroxylation sites is 1. The Bertz CT molecular complexity index is 808. The predicted octanol–water partition coefficient (Wildman–Crippen LogP) is 7.08. The minimum Gasteiger partial charge on any atom is -0.494 e. The number of hydrogen-bond acceptors (Lipinski definition) is 1. The van der Waals surface area contributed by atoms with E-state index < -0.39 is 0 Å². The largest absolute Gasteiger partial charge is 0.494 e. The Labute approximate surface area is 169 Å². The van der Waals surface area contributed by atoms with Crippen LogP contribution in [0.3, 0.4) is 0 Å². The number of unbranched alkanes of at least 4 members (excludes halogenated alkanes) is 1. The molecule has 0 aromatic heterocycles. The monoisotopic (exact) mass is 454 g/mol. The average Bonchev–Trinajstić information content (AvgIpc) is 2.70. The molecule has 0 saturated carbocycles. The molecule has 3 aromatic rings. The molecule has 0 spiro atoms. The second-order valence-electron chi connectivity index (χ2n) is 6.21. The average molecular weight is 454 g/mol. The minimum atomic E-state index is 0.760. The first kappa shape index (κ1) is 18.7. The molecule has 2 heteroatoms. The van der Waals surface area contributed by atoms with Gasteiger partial charge in [-0.3, -0.25) is 0 Å². The Morgan fingerprint density at radius 2 is 1.42 bits per heavy atom. The highest BCUT2D eigenvalue weighted by atomic mass is 127. The molecule has 0 saturated heterocycles. The molecule has 0 atom stereocenters. The van der Waals surface area contributed by atoms with Gasteiger partial charge in [-0.1, -0.05) is 66.7 Å². The van der Waals surface area contributed by atoms with Crippen molar-refractivity contribution in [2.75, 3.05) is 6.61 Å². The molecule has 0 bridgehead atoms. The predicted molar refractivity (Wildman–Crippen MR) is 119 cm³/mol. The van der Waals surface area contributed by atoms with E-state index in [1.807, 2.05) is 30.3 Å². The fourth-order valence-corrected chi connectivity index (χ4v) is 3.20. The molecule has 132 valence electrons. The van der Waals surface area contributed by atoms with Crippen molar-refractivity contribution in [3.8, 4) is 5.75 Å². The van der Waals surface area contributed by atoms with Crippen LogP contribution in [-0.2, 0) is 0 Å². The van der Waals surface area contributed by atoms with Crippen LogP contribution in [0.25, 0.3) is 11.6 Å². The lowest BCUT2D eigenvalue weighted by atomic mass is 9.98. The van der Waals surface area contributed by atoms with Crippen molar-refractivity contribution in [3.05, 3.63) is 99.6 Å². The van der Waals surface area contributed by atoms with E-state index in [1.165, 1.54) is 20.3 Å². The Morgan fingerprint density at radius 1 is 0.769 bits per heavy atom. The summed E-state index contributed by atoms with van der Waals surface area (Å²) < 4.78 is 7.07. The second-order valence-corrected chi connectivity index (χ2v) is 7.45. The van der Waals surface area contributed by atoms with E-state index in [0.717, 1.165) is 31.6 Å². The number of rotatable bonds is 8. The maximum atomic E-state index is 5.80. The van der Waals surface area contributed by atoms with Gasteiger partial charge in [0.25, 0.3) is 0 Å². The van der Waals surface area contributed by atoms with Gasteiger partial charge in [0.05, 0.1) is 6.61 Å². The van der Waals surface area contributed by atoms with E-state index in [-0.39, 0.29) is 0 Å². The molecular formula is C24H23IO. The normalized spacial score (nSPS) is 11.3. The summed E-state index contributed by atoms with van der Waals surface area (Å²) in [6, 6.07) is 29.4. The summed E-state index contributed by atoms with van der Waals surface area (Å²) in [6.07, 6.45) is 5.52. The van der Waals surface area contributed by atoms with Gasteiger partial charge in [-0.15, -0.1) is 0 Å². The van der Waals surface area contributed by atoms with Gasteiger partial charge in [0.15, 0.2) is 0 Å². The molecule has 26 heavy (non-hydrogen) atoms. The van der Waals surface area contributed by atoms with E-state index >= 15 is 0 Å². The third-order valence-electron chi connectivity index (χ3n) is 4.21. The van der Waals surface area contributed by atoms with Crippen molar-refractivity contribution in [3.63, 3.8) is 0 Å². The van der Waals surface area contributed by atoms with E-state index in [1.54, 1.807) is 0 Å². The second kappa shape index (κ2) is 10.2. The highest BCUT2D eigenvalue weighted by molar-refractivity contribution is 14.1. The van der Waals surface area contributed by atoms with Gasteiger partial charge in [-0.25, -0.2) is 0 Å². The molecule has 1 nitrogen and oxygen atoms in total. The first-order valence-electron chi connectivity index (χ1n) is 9.01. The zero-order valence-electron chi connectivity index (χ0n) is 14.8. The van der Waals surface area contributed by atoms with Gasteiger partial charge < -0.3 is 4.74 Å². The number of halogens is 1. The topological polar surface area (TPSA) is 9.23 Å². The van der Waals surface area contributed by atoms with Crippen LogP contribution >= 0.6 is 22.6 Å². The molecule has 0 aliphatic heterocycles. The Balaban J connectivity index is 1.60. The smallest absolute Gasteiger partial charge is 0.119 e. The van der Waals surface area contributed by atoms with E-state index in [4.69, 9.17) is 4.74 Å². The molecule has 0 unspecified atom stereocenters. The summed E-state index contributed by atoms with van der Waals surface area (Å²) in [5, 5.41) is 0. The summed E-state index contributed by atoms with van der Waals surface area (Å²) in [5.74, 6) is 0.949. The van der Waals surface area contributed by atoms with E-state index in [2.05, 4.69) is 83.3 Å². The molecule has 3 aromatic carbocycles. The summed E-state index contributed by atoms with van der Waals surface area (Å²) >= 11 is 2.34. The first-order chi connectivity index (χ1) is 12.8. The number of benzene rings is 3. The van der Waals surface area contributed by atoms with Crippen molar-refractivity contribution < 1.29 is 4.74 Å². The van der Waals surface area contributed by atoms with Crippen LogP contribution in [-0.4, -0.2) is 6.61 Å². The lowest BCUT2D eigenvalue weighted by Gasteiger charge is -2.10. The molecule has 0 aliphatic rings. The third-order valence-corrected chi connectivity index (χ3v) is 4.93. The van der Waals surface area contributed by atoms with E-state index in [9.17, 15) is 0 Å². The minimum absolute atomic E-state index is 0.760.